The van der Waals surface area contributed by atoms with Gasteiger partial charge < -0.3 is 23.7 Å². The lowest BCUT2D eigenvalue weighted by Gasteiger charge is -2.14. The molecule has 174 valence electrons. The standard InChI is InChI=1S/C26H21ClO7/c1-30-20-11-6-16(25(31-2)26(20)32-3)13-22-24(29)19-10-9-18(14-21(19)34-22)33-23(28)12-15-4-7-17(27)8-5-15/h4-11,13-14H,12H2,1-3H3/b22-13-. The van der Waals surface area contributed by atoms with Crippen molar-refractivity contribution in [3.8, 4) is 28.7 Å². The Hall–Kier alpha value is -3.97. The van der Waals surface area contributed by atoms with Crippen LogP contribution >= 0.6 is 11.6 Å². The van der Waals surface area contributed by atoms with E-state index in [9.17, 15) is 9.59 Å². The highest BCUT2D eigenvalue weighted by molar-refractivity contribution is 6.30. The predicted molar refractivity (Wildman–Crippen MR) is 126 cm³/mol. The van der Waals surface area contributed by atoms with Crippen LogP contribution in [0.5, 0.6) is 28.7 Å². The van der Waals surface area contributed by atoms with Crippen molar-refractivity contribution >= 4 is 29.4 Å². The lowest BCUT2D eigenvalue weighted by molar-refractivity contribution is -0.133. The first-order valence-corrected chi connectivity index (χ1v) is 10.6. The van der Waals surface area contributed by atoms with Crippen LogP contribution in [0.25, 0.3) is 6.08 Å². The lowest BCUT2D eigenvalue weighted by Crippen LogP contribution is -2.11. The number of fused-ring (bicyclic) bond motifs is 1. The van der Waals surface area contributed by atoms with Gasteiger partial charge in [-0.1, -0.05) is 23.7 Å². The third-order valence-electron chi connectivity index (χ3n) is 5.16. The minimum atomic E-state index is -0.447. The van der Waals surface area contributed by atoms with Gasteiger partial charge in [0, 0.05) is 16.7 Å². The largest absolute Gasteiger partial charge is 0.493 e. The highest BCUT2D eigenvalue weighted by atomic mass is 35.5. The predicted octanol–water partition coefficient (Wildman–Crippen LogP) is 5.13. The summed E-state index contributed by atoms with van der Waals surface area (Å²) in [4.78, 5) is 25.2. The average Bonchev–Trinajstić information content (AvgIpc) is 3.14. The van der Waals surface area contributed by atoms with Crippen LogP contribution in [0.3, 0.4) is 0 Å². The van der Waals surface area contributed by atoms with Crippen molar-refractivity contribution in [2.45, 2.75) is 6.42 Å². The van der Waals surface area contributed by atoms with Gasteiger partial charge in [-0.2, -0.15) is 0 Å². The first-order chi connectivity index (χ1) is 16.4. The van der Waals surface area contributed by atoms with E-state index in [0.717, 1.165) is 5.56 Å². The number of ketones is 1. The maximum atomic E-state index is 12.9. The number of Topliss-reactive ketones (excluding diaryl/α,β-unsaturated/α-hetero) is 1. The van der Waals surface area contributed by atoms with E-state index >= 15 is 0 Å². The molecule has 0 aliphatic carbocycles. The van der Waals surface area contributed by atoms with Gasteiger partial charge in [0.2, 0.25) is 11.5 Å². The van der Waals surface area contributed by atoms with Gasteiger partial charge in [0.05, 0.1) is 33.3 Å². The average molecular weight is 481 g/mol. The van der Waals surface area contributed by atoms with Gasteiger partial charge in [-0.05, 0) is 48.0 Å². The van der Waals surface area contributed by atoms with Crippen molar-refractivity contribution < 1.29 is 33.3 Å². The summed E-state index contributed by atoms with van der Waals surface area (Å²) in [5, 5.41) is 0.590. The second-order valence-electron chi connectivity index (χ2n) is 7.30. The van der Waals surface area contributed by atoms with Crippen LogP contribution in [0.1, 0.15) is 21.5 Å². The molecule has 7 nitrogen and oxygen atoms in total. The quantitative estimate of drug-likeness (QED) is 0.263. The van der Waals surface area contributed by atoms with Gasteiger partial charge in [0.15, 0.2) is 17.3 Å². The van der Waals surface area contributed by atoms with Crippen molar-refractivity contribution in [3.05, 3.63) is 82.1 Å². The summed E-state index contributed by atoms with van der Waals surface area (Å²) in [5.41, 5.74) is 1.71. The molecular formula is C26H21ClO7. The fourth-order valence-electron chi connectivity index (χ4n) is 3.55. The van der Waals surface area contributed by atoms with Crippen LogP contribution in [-0.4, -0.2) is 33.1 Å². The summed E-state index contributed by atoms with van der Waals surface area (Å²) in [6, 6.07) is 15.0. The maximum absolute atomic E-state index is 12.9. The minimum absolute atomic E-state index is 0.0816. The zero-order valence-electron chi connectivity index (χ0n) is 18.7. The van der Waals surface area contributed by atoms with Crippen molar-refractivity contribution in [1.82, 2.24) is 0 Å². The molecule has 4 rings (SSSR count). The highest BCUT2D eigenvalue weighted by Gasteiger charge is 2.29. The molecule has 0 unspecified atom stereocenters. The SMILES string of the molecule is COc1ccc(/C=C2\Oc3cc(OC(=O)Cc4ccc(Cl)cc4)ccc3C2=O)c(OC)c1OC. The van der Waals surface area contributed by atoms with Crippen molar-refractivity contribution in [1.29, 1.82) is 0 Å². The number of hydrogen-bond donors (Lipinski definition) is 0. The van der Waals surface area contributed by atoms with E-state index in [-0.39, 0.29) is 23.7 Å². The van der Waals surface area contributed by atoms with E-state index in [1.807, 2.05) is 0 Å². The first kappa shape index (κ1) is 23.2. The van der Waals surface area contributed by atoms with E-state index in [2.05, 4.69) is 0 Å². The Morgan fingerprint density at radius 3 is 2.35 bits per heavy atom. The molecule has 3 aromatic carbocycles. The molecule has 1 aliphatic rings. The van der Waals surface area contributed by atoms with Gasteiger partial charge in [0.1, 0.15) is 11.5 Å². The molecule has 0 saturated carbocycles. The number of carbonyl (C=O) groups excluding carboxylic acids is 2. The number of carbonyl (C=O) groups is 2. The summed E-state index contributed by atoms with van der Waals surface area (Å²) in [6.45, 7) is 0. The van der Waals surface area contributed by atoms with Gasteiger partial charge in [-0.25, -0.2) is 0 Å². The highest BCUT2D eigenvalue weighted by Crippen LogP contribution is 2.42. The fraction of sp³-hybridized carbons (Fsp3) is 0.154. The van der Waals surface area contributed by atoms with Gasteiger partial charge >= 0.3 is 5.97 Å². The molecule has 0 N–H and O–H groups in total. The van der Waals surface area contributed by atoms with Gasteiger partial charge in [0.25, 0.3) is 0 Å². The lowest BCUT2D eigenvalue weighted by atomic mass is 10.1. The van der Waals surface area contributed by atoms with Crippen molar-refractivity contribution in [2.24, 2.45) is 0 Å². The number of allylic oxidation sites excluding steroid dienone is 1. The number of esters is 1. The Morgan fingerprint density at radius 1 is 0.941 bits per heavy atom. The number of benzene rings is 3. The third kappa shape index (κ3) is 4.70. The van der Waals surface area contributed by atoms with Crippen molar-refractivity contribution in [3.63, 3.8) is 0 Å². The van der Waals surface area contributed by atoms with Crippen LogP contribution in [0, 0.1) is 0 Å². The van der Waals surface area contributed by atoms with Crippen LogP contribution in [0.4, 0.5) is 0 Å². The second-order valence-corrected chi connectivity index (χ2v) is 7.74. The number of methoxy groups -OCH3 is 3. The molecule has 0 spiro atoms. The van der Waals surface area contributed by atoms with Crippen LogP contribution < -0.4 is 23.7 Å². The molecule has 1 aliphatic heterocycles. The number of ether oxygens (including phenoxy) is 5. The molecule has 34 heavy (non-hydrogen) atoms. The topological polar surface area (TPSA) is 80.3 Å². The summed E-state index contributed by atoms with van der Waals surface area (Å²) in [7, 11) is 4.52. The molecule has 0 radical (unpaired) electrons. The van der Waals surface area contributed by atoms with Crippen LogP contribution in [-0.2, 0) is 11.2 Å². The molecule has 1 heterocycles. The molecule has 0 aromatic heterocycles. The fourth-order valence-corrected chi connectivity index (χ4v) is 3.67. The van der Waals surface area contributed by atoms with E-state index in [1.54, 1.807) is 54.6 Å². The Kier molecular flexibility index (Phi) is 6.75. The molecule has 0 amide bonds. The van der Waals surface area contributed by atoms with E-state index in [4.69, 9.17) is 35.3 Å². The summed E-state index contributed by atoms with van der Waals surface area (Å²) >= 11 is 5.87. The third-order valence-corrected chi connectivity index (χ3v) is 5.41. The number of hydrogen-bond acceptors (Lipinski definition) is 7. The molecular weight excluding hydrogens is 460 g/mol. The smallest absolute Gasteiger partial charge is 0.315 e. The minimum Gasteiger partial charge on any atom is -0.493 e. The summed E-state index contributed by atoms with van der Waals surface area (Å²) < 4.78 is 27.4. The second kappa shape index (κ2) is 9.89. The number of rotatable bonds is 7. The molecule has 0 bridgehead atoms. The summed E-state index contributed by atoms with van der Waals surface area (Å²) in [5.74, 6) is 1.22. The monoisotopic (exact) mass is 480 g/mol. The Labute approximate surface area is 201 Å². The van der Waals surface area contributed by atoms with Gasteiger partial charge in [-0.3, -0.25) is 9.59 Å². The van der Waals surface area contributed by atoms with E-state index < -0.39 is 5.97 Å². The van der Waals surface area contributed by atoms with Crippen LogP contribution in [0.2, 0.25) is 5.02 Å². The Morgan fingerprint density at radius 2 is 1.68 bits per heavy atom. The van der Waals surface area contributed by atoms with Crippen molar-refractivity contribution in [2.75, 3.05) is 21.3 Å². The molecule has 0 atom stereocenters. The summed E-state index contributed by atoms with van der Waals surface area (Å²) in [6.07, 6.45) is 1.65. The zero-order valence-corrected chi connectivity index (χ0v) is 19.5. The Balaban J connectivity index is 1.54. The molecule has 0 fully saturated rings. The van der Waals surface area contributed by atoms with Gasteiger partial charge in [-0.15, -0.1) is 0 Å². The zero-order chi connectivity index (χ0) is 24.2. The van der Waals surface area contributed by atoms with Crippen LogP contribution in [0.15, 0.2) is 60.4 Å². The van der Waals surface area contributed by atoms with E-state index in [1.165, 1.54) is 27.4 Å². The Bertz CT molecular complexity index is 1280. The normalized spacial score (nSPS) is 13.3. The molecule has 3 aromatic rings. The first-order valence-electron chi connectivity index (χ1n) is 10.3. The molecule has 8 heteroatoms. The number of halogens is 1. The molecule has 0 saturated heterocycles. The maximum Gasteiger partial charge on any atom is 0.315 e. The van der Waals surface area contributed by atoms with E-state index in [0.29, 0.717) is 39.1 Å².